The van der Waals surface area contributed by atoms with E-state index in [1.807, 2.05) is 49.4 Å². The fraction of sp³-hybridized carbons (Fsp3) is 0.368. The maximum Gasteiger partial charge on any atom is 0.355 e. The molecule has 5 nitrogen and oxygen atoms in total. The molecule has 0 bridgehead atoms. The van der Waals surface area contributed by atoms with E-state index < -0.39 is 23.9 Å². The molecule has 0 amide bonds. The SMILES string of the molecule is CCOP(=O)(OCC)[C@@](C)(NS(=O)c1ccc(C)cc1)c1ccccc1. The smallest absolute Gasteiger partial charge is 0.307 e. The highest BCUT2D eigenvalue weighted by molar-refractivity contribution is 7.83. The van der Waals surface area contributed by atoms with E-state index in [-0.39, 0.29) is 13.2 Å². The van der Waals surface area contributed by atoms with Gasteiger partial charge in [-0.05, 0) is 45.4 Å². The monoisotopic (exact) mass is 395 g/mol. The van der Waals surface area contributed by atoms with Crippen LogP contribution >= 0.6 is 7.60 Å². The Morgan fingerprint density at radius 1 is 1.00 bits per heavy atom. The molecule has 0 heterocycles. The van der Waals surface area contributed by atoms with E-state index in [4.69, 9.17) is 9.05 Å². The zero-order valence-electron chi connectivity index (χ0n) is 15.6. The first-order chi connectivity index (χ1) is 12.4. The highest BCUT2D eigenvalue weighted by atomic mass is 32.2. The Bertz CT molecular complexity index is 772. The topological polar surface area (TPSA) is 64.6 Å². The quantitative estimate of drug-likeness (QED) is 0.623. The molecular weight excluding hydrogens is 369 g/mol. The third-order valence-electron chi connectivity index (χ3n) is 4.01. The summed E-state index contributed by atoms with van der Waals surface area (Å²) in [6.07, 6.45) is 0. The van der Waals surface area contributed by atoms with Crippen LogP contribution in [-0.4, -0.2) is 17.4 Å². The molecule has 0 saturated heterocycles. The van der Waals surface area contributed by atoms with Crippen molar-refractivity contribution in [1.29, 1.82) is 0 Å². The summed E-state index contributed by atoms with van der Waals surface area (Å²) in [6, 6.07) is 16.5. The molecular formula is C19H26NO4PS. The van der Waals surface area contributed by atoms with Gasteiger partial charge in [-0.2, -0.15) is 0 Å². The summed E-state index contributed by atoms with van der Waals surface area (Å²) < 4.78 is 40.8. The molecule has 0 aliphatic heterocycles. The molecule has 0 aliphatic rings. The van der Waals surface area contributed by atoms with Crippen LogP contribution in [0.1, 0.15) is 31.9 Å². The predicted octanol–water partition coefficient (Wildman–Crippen LogP) is 4.75. The predicted molar refractivity (Wildman–Crippen MR) is 105 cm³/mol. The van der Waals surface area contributed by atoms with E-state index in [9.17, 15) is 8.77 Å². The lowest BCUT2D eigenvalue weighted by molar-refractivity contribution is 0.195. The maximum absolute atomic E-state index is 13.6. The second-order valence-electron chi connectivity index (χ2n) is 5.96. The van der Waals surface area contributed by atoms with Gasteiger partial charge in [0.15, 0.2) is 5.28 Å². The van der Waals surface area contributed by atoms with Crippen molar-refractivity contribution in [2.24, 2.45) is 0 Å². The summed E-state index contributed by atoms with van der Waals surface area (Å²) in [6.45, 7) is 7.63. The van der Waals surface area contributed by atoms with Gasteiger partial charge in [0, 0.05) is 0 Å². The van der Waals surface area contributed by atoms with Gasteiger partial charge in [0.2, 0.25) is 0 Å². The molecule has 142 valence electrons. The van der Waals surface area contributed by atoms with Gasteiger partial charge in [-0.1, -0.05) is 48.0 Å². The van der Waals surface area contributed by atoms with E-state index in [0.29, 0.717) is 10.5 Å². The lowest BCUT2D eigenvalue weighted by Gasteiger charge is -2.36. The number of hydrogen-bond donors (Lipinski definition) is 1. The minimum Gasteiger partial charge on any atom is -0.307 e. The first kappa shape index (κ1) is 21.0. The molecule has 2 atom stereocenters. The summed E-state index contributed by atoms with van der Waals surface area (Å²) >= 11 is 0. The lowest BCUT2D eigenvalue weighted by Crippen LogP contribution is -2.41. The Labute approximate surface area is 158 Å². The number of nitrogens with one attached hydrogen (secondary N) is 1. The minimum absolute atomic E-state index is 0.221. The summed E-state index contributed by atoms with van der Waals surface area (Å²) in [5.74, 6) is 0. The molecule has 1 N–H and O–H groups in total. The van der Waals surface area contributed by atoms with Gasteiger partial charge in [-0.3, -0.25) is 4.57 Å². The van der Waals surface area contributed by atoms with Crippen molar-refractivity contribution < 1.29 is 17.8 Å². The average molecular weight is 395 g/mol. The molecule has 1 unspecified atom stereocenters. The fourth-order valence-electron chi connectivity index (χ4n) is 2.57. The average Bonchev–Trinajstić information content (AvgIpc) is 2.63. The Morgan fingerprint density at radius 2 is 1.54 bits per heavy atom. The summed E-state index contributed by atoms with van der Waals surface area (Å²) in [4.78, 5) is 0.595. The molecule has 7 heteroatoms. The maximum atomic E-state index is 13.6. The largest absolute Gasteiger partial charge is 0.355 e. The van der Waals surface area contributed by atoms with Crippen molar-refractivity contribution in [1.82, 2.24) is 4.72 Å². The Hall–Kier alpha value is -1.30. The lowest BCUT2D eigenvalue weighted by atomic mass is 10.1. The third kappa shape index (κ3) is 4.51. The van der Waals surface area contributed by atoms with Crippen molar-refractivity contribution in [3.05, 3.63) is 65.7 Å². The van der Waals surface area contributed by atoms with Crippen molar-refractivity contribution in [3.8, 4) is 0 Å². The summed E-state index contributed by atoms with van der Waals surface area (Å²) in [7, 11) is -5.25. The van der Waals surface area contributed by atoms with E-state index in [1.165, 1.54) is 0 Å². The fourth-order valence-corrected chi connectivity index (χ4v) is 5.98. The molecule has 0 radical (unpaired) electrons. The van der Waals surface area contributed by atoms with E-state index in [2.05, 4.69) is 4.72 Å². The number of rotatable bonds is 9. The van der Waals surface area contributed by atoms with E-state index >= 15 is 0 Å². The Balaban J connectivity index is 2.48. The number of hydrogen-bond acceptors (Lipinski definition) is 4. The van der Waals surface area contributed by atoms with Crippen LogP contribution in [0.3, 0.4) is 0 Å². The third-order valence-corrected chi connectivity index (χ3v) is 8.12. The standard InChI is InChI=1S/C19H26NO4PS/c1-5-23-25(21,24-6-2)19(4,17-10-8-7-9-11-17)20-26(22)18-14-12-16(3)13-15-18/h7-15,20H,5-6H2,1-4H3/t19-,26?/m1/s1. The van der Waals surface area contributed by atoms with Crippen LogP contribution < -0.4 is 4.72 Å². The van der Waals surface area contributed by atoms with Crippen molar-refractivity contribution in [2.75, 3.05) is 13.2 Å². The van der Waals surface area contributed by atoms with Crippen molar-refractivity contribution in [3.63, 3.8) is 0 Å². The Morgan fingerprint density at radius 3 is 2.04 bits per heavy atom. The number of benzene rings is 2. The first-order valence-electron chi connectivity index (χ1n) is 8.57. The molecule has 0 saturated carbocycles. The molecule has 0 aromatic heterocycles. The summed E-state index contributed by atoms with van der Waals surface area (Å²) in [5.41, 5.74) is 1.76. The van der Waals surface area contributed by atoms with Crippen LogP contribution in [0, 0.1) is 6.92 Å². The molecule has 0 aliphatic carbocycles. The van der Waals surface area contributed by atoms with Crippen LogP contribution in [0.25, 0.3) is 0 Å². The number of aryl methyl sites for hydroxylation is 1. The van der Waals surface area contributed by atoms with Gasteiger partial charge in [0.25, 0.3) is 0 Å². The Kier molecular flexibility index (Phi) is 7.33. The van der Waals surface area contributed by atoms with Gasteiger partial charge in [0.1, 0.15) is 11.0 Å². The van der Waals surface area contributed by atoms with Crippen LogP contribution in [0.15, 0.2) is 59.5 Å². The van der Waals surface area contributed by atoms with Crippen LogP contribution in [-0.2, 0) is 29.9 Å². The summed E-state index contributed by atoms with van der Waals surface area (Å²) in [5, 5.41) is -1.27. The van der Waals surface area contributed by atoms with E-state index in [0.717, 1.165) is 5.56 Å². The second kappa shape index (κ2) is 9.07. The van der Waals surface area contributed by atoms with Gasteiger partial charge in [-0.15, -0.1) is 0 Å². The van der Waals surface area contributed by atoms with Gasteiger partial charge in [0.05, 0.1) is 18.1 Å². The normalized spacial score (nSPS) is 15.4. The molecule has 26 heavy (non-hydrogen) atoms. The van der Waals surface area contributed by atoms with Crippen LogP contribution in [0.4, 0.5) is 0 Å². The minimum atomic E-state index is -3.65. The molecule has 0 fully saturated rings. The molecule has 0 spiro atoms. The van der Waals surface area contributed by atoms with Gasteiger partial charge < -0.3 is 9.05 Å². The van der Waals surface area contributed by atoms with Gasteiger partial charge in [-0.25, -0.2) is 8.93 Å². The van der Waals surface area contributed by atoms with Crippen LogP contribution in [0.5, 0.6) is 0 Å². The van der Waals surface area contributed by atoms with E-state index in [1.54, 1.807) is 32.9 Å². The zero-order valence-corrected chi connectivity index (χ0v) is 17.3. The highest BCUT2D eigenvalue weighted by Crippen LogP contribution is 2.63. The van der Waals surface area contributed by atoms with Crippen LogP contribution in [0.2, 0.25) is 0 Å². The molecule has 2 aromatic rings. The molecule has 2 rings (SSSR count). The van der Waals surface area contributed by atoms with Crippen molar-refractivity contribution >= 4 is 18.6 Å². The van der Waals surface area contributed by atoms with Gasteiger partial charge >= 0.3 is 7.60 Å². The molecule has 2 aromatic carbocycles. The second-order valence-corrected chi connectivity index (χ2v) is 9.57. The highest BCUT2D eigenvalue weighted by Gasteiger charge is 2.49. The zero-order chi connectivity index (χ0) is 19.2. The van der Waals surface area contributed by atoms with Crippen molar-refractivity contribution in [2.45, 2.75) is 37.9 Å². The first-order valence-corrected chi connectivity index (χ1v) is 11.3.